The van der Waals surface area contributed by atoms with E-state index in [0.717, 1.165) is 36.5 Å². The van der Waals surface area contributed by atoms with Crippen LogP contribution in [0.3, 0.4) is 0 Å². The van der Waals surface area contributed by atoms with Crippen LogP contribution in [0.15, 0.2) is 11.6 Å². The predicted octanol–water partition coefficient (Wildman–Crippen LogP) is 4.27. The Hall–Kier alpha value is -0.340. The molecule has 130 valence electrons. The Morgan fingerprint density at radius 1 is 1.13 bits per heavy atom. The lowest BCUT2D eigenvalue weighted by atomic mass is 9.47. The van der Waals surface area contributed by atoms with E-state index in [2.05, 4.69) is 26.8 Å². The average molecular weight is 318 g/mol. The smallest absolute Gasteiger partial charge is 0.0577 e. The molecule has 0 aliphatic heterocycles. The molecule has 0 unspecified atom stereocenters. The quantitative estimate of drug-likeness (QED) is 0.709. The number of fused-ring (bicyclic) bond motifs is 5. The van der Waals surface area contributed by atoms with Crippen molar-refractivity contribution in [3.8, 4) is 0 Å². The molecule has 4 aliphatic carbocycles. The van der Waals surface area contributed by atoms with E-state index < -0.39 is 0 Å². The Bertz CT molecular complexity index is 512. The maximum atomic E-state index is 10.1. The molecule has 0 bridgehead atoms. The first kappa shape index (κ1) is 16.1. The van der Waals surface area contributed by atoms with Gasteiger partial charge in [-0.2, -0.15) is 0 Å². The van der Waals surface area contributed by atoms with Gasteiger partial charge in [0, 0.05) is 6.04 Å². The average Bonchev–Trinajstić information content (AvgIpc) is 2.85. The summed E-state index contributed by atoms with van der Waals surface area (Å²) in [6, 6.07) is 0.344. The van der Waals surface area contributed by atoms with Gasteiger partial charge in [0.25, 0.3) is 0 Å². The molecule has 3 fully saturated rings. The van der Waals surface area contributed by atoms with Gasteiger partial charge in [-0.25, -0.2) is 0 Å². The highest BCUT2D eigenvalue weighted by atomic mass is 16.3. The number of aliphatic hydroxyl groups excluding tert-OH is 1. The Balaban J connectivity index is 1.65. The number of nitrogens with two attached hydrogens (primary N) is 1. The monoisotopic (exact) mass is 317 g/mol. The predicted molar refractivity (Wildman–Crippen MR) is 94.8 cm³/mol. The molecule has 2 nitrogen and oxygen atoms in total. The van der Waals surface area contributed by atoms with E-state index in [0.29, 0.717) is 16.9 Å². The summed E-state index contributed by atoms with van der Waals surface area (Å²) in [5.74, 6) is 3.31. The zero-order chi connectivity index (χ0) is 16.4. The highest BCUT2D eigenvalue weighted by Crippen LogP contribution is 2.66. The van der Waals surface area contributed by atoms with Gasteiger partial charge in [0.15, 0.2) is 0 Å². The molecule has 3 saturated carbocycles. The van der Waals surface area contributed by atoms with Gasteiger partial charge < -0.3 is 10.8 Å². The molecular formula is C21H35NO. The minimum Gasteiger partial charge on any atom is -0.393 e. The fraction of sp³-hybridized carbons (Fsp3) is 0.905. The lowest BCUT2D eigenvalue weighted by Gasteiger charge is -2.58. The molecule has 0 amide bonds. The van der Waals surface area contributed by atoms with Gasteiger partial charge in [-0.3, -0.25) is 0 Å². The number of allylic oxidation sites excluding steroid dienone is 1. The lowest BCUT2D eigenvalue weighted by Crippen LogP contribution is -2.51. The van der Waals surface area contributed by atoms with Crippen molar-refractivity contribution in [1.29, 1.82) is 0 Å². The molecule has 0 radical (unpaired) electrons. The van der Waals surface area contributed by atoms with Crippen LogP contribution in [0.25, 0.3) is 0 Å². The van der Waals surface area contributed by atoms with Crippen LogP contribution in [-0.4, -0.2) is 17.3 Å². The highest BCUT2D eigenvalue weighted by molar-refractivity contribution is 5.25. The summed E-state index contributed by atoms with van der Waals surface area (Å²) in [6.07, 6.45) is 12.3. The van der Waals surface area contributed by atoms with Crippen molar-refractivity contribution in [2.24, 2.45) is 40.2 Å². The second-order valence-electron chi connectivity index (χ2n) is 9.74. The number of rotatable bonds is 1. The first-order chi connectivity index (χ1) is 10.9. The molecule has 2 heteroatoms. The molecule has 0 aromatic carbocycles. The molecule has 4 rings (SSSR count). The molecule has 3 N–H and O–H groups in total. The van der Waals surface area contributed by atoms with Crippen LogP contribution in [-0.2, 0) is 0 Å². The van der Waals surface area contributed by atoms with Crippen molar-refractivity contribution >= 4 is 0 Å². The molecule has 0 aromatic rings. The van der Waals surface area contributed by atoms with Gasteiger partial charge in [-0.1, -0.05) is 25.5 Å². The van der Waals surface area contributed by atoms with E-state index in [1.807, 2.05) is 0 Å². The van der Waals surface area contributed by atoms with E-state index in [1.54, 1.807) is 5.57 Å². The molecule has 0 saturated heterocycles. The van der Waals surface area contributed by atoms with Gasteiger partial charge in [-0.05, 0) is 92.8 Å². The second-order valence-corrected chi connectivity index (χ2v) is 9.74. The van der Waals surface area contributed by atoms with Gasteiger partial charge >= 0.3 is 0 Å². The van der Waals surface area contributed by atoms with E-state index in [1.165, 1.54) is 38.5 Å². The van der Waals surface area contributed by atoms with Crippen LogP contribution in [0.5, 0.6) is 0 Å². The van der Waals surface area contributed by atoms with E-state index >= 15 is 0 Å². The lowest BCUT2D eigenvalue weighted by molar-refractivity contribution is -0.0520. The van der Waals surface area contributed by atoms with Gasteiger partial charge in [0.1, 0.15) is 0 Å². The summed E-state index contributed by atoms with van der Waals surface area (Å²) < 4.78 is 0. The van der Waals surface area contributed by atoms with Crippen molar-refractivity contribution in [1.82, 2.24) is 0 Å². The Morgan fingerprint density at radius 3 is 2.65 bits per heavy atom. The largest absolute Gasteiger partial charge is 0.393 e. The van der Waals surface area contributed by atoms with Crippen molar-refractivity contribution in [3.05, 3.63) is 11.6 Å². The normalized spacial score (nSPS) is 53.8. The van der Waals surface area contributed by atoms with Crippen molar-refractivity contribution < 1.29 is 5.11 Å². The van der Waals surface area contributed by atoms with Crippen molar-refractivity contribution in [2.75, 3.05) is 0 Å². The molecule has 0 spiro atoms. The van der Waals surface area contributed by atoms with Crippen LogP contribution in [0.4, 0.5) is 0 Å². The molecule has 8 atom stereocenters. The van der Waals surface area contributed by atoms with Crippen LogP contribution >= 0.6 is 0 Å². The number of hydrogen-bond acceptors (Lipinski definition) is 2. The molecule has 0 aromatic heterocycles. The minimum absolute atomic E-state index is 0.0892. The van der Waals surface area contributed by atoms with Gasteiger partial charge in [0.05, 0.1) is 6.10 Å². The molecule has 23 heavy (non-hydrogen) atoms. The van der Waals surface area contributed by atoms with Crippen LogP contribution in [0.2, 0.25) is 0 Å². The Kier molecular flexibility index (Phi) is 3.74. The number of hydrogen-bond donors (Lipinski definition) is 2. The van der Waals surface area contributed by atoms with Gasteiger partial charge in [0.2, 0.25) is 0 Å². The third-order valence-corrected chi connectivity index (χ3v) is 8.79. The van der Waals surface area contributed by atoms with Crippen LogP contribution < -0.4 is 5.73 Å². The summed E-state index contributed by atoms with van der Waals surface area (Å²) in [5, 5.41) is 10.1. The molecule has 0 heterocycles. The van der Waals surface area contributed by atoms with Crippen LogP contribution in [0.1, 0.15) is 72.1 Å². The fourth-order valence-electron chi connectivity index (χ4n) is 7.55. The van der Waals surface area contributed by atoms with E-state index in [4.69, 9.17) is 5.73 Å². The van der Waals surface area contributed by atoms with Crippen molar-refractivity contribution in [3.63, 3.8) is 0 Å². The Morgan fingerprint density at radius 2 is 1.91 bits per heavy atom. The van der Waals surface area contributed by atoms with Gasteiger partial charge in [-0.15, -0.1) is 0 Å². The summed E-state index contributed by atoms with van der Waals surface area (Å²) in [7, 11) is 0. The van der Waals surface area contributed by atoms with E-state index in [9.17, 15) is 5.11 Å². The summed E-state index contributed by atoms with van der Waals surface area (Å²) in [4.78, 5) is 0. The SMILES string of the molecule is C[C@H](N)[C@H]1CC[C@@H]2[C@H]3CC=C4C[C@@H](O)CC[C@]4(C)[C@H]3CC[C@@]21C. The zero-order valence-electron chi connectivity index (χ0n) is 15.2. The van der Waals surface area contributed by atoms with Crippen LogP contribution in [0, 0.1) is 34.5 Å². The molecule has 4 aliphatic rings. The summed E-state index contributed by atoms with van der Waals surface area (Å²) in [5.41, 5.74) is 8.80. The molecular weight excluding hydrogens is 282 g/mol. The highest BCUT2D eigenvalue weighted by Gasteiger charge is 2.58. The Labute approximate surface area is 141 Å². The third kappa shape index (κ3) is 2.20. The fourth-order valence-corrected chi connectivity index (χ4v) is 7.55. The standard InChI is InChI=1S/C21H35NO/c1-13(22)17-6-7-18-16-5-4-14-12-15(23)8-10-20(14,2)19(16)9-11-21(17,18)3/h4,13,15-19,23H,5-12,22H2,1-3H3/t13-,15-,16+,17+,18+,19-,20-,21+/m0/s1. The second kappa shape index (κ2) is 5.33. The maximum Gasteiger partial charge on any atom is 0.0577 e. The van der Waals surface area contributed by atoms with Crippen molar-refractivity contribution in [2.45, 2.75) is 84.3 Å². The first-order valence-corrected chi connectivity index (χ1v) is 9.99. The third-order valence-electron chi connectivity index (χ3n) is 8.79. The summed E-state index contributed by atoms with van der Waals surface area (Å²) >= 11 is 0. The topological polar surface area (TPSA) is 46.2 Å². The maximum absolute atomic E-state index is 10.1. The number of aliphatic hydroxyl groups is 1. The summed E-state index contributed by atoms with van der Waals surface area (Å²) in [6.45, 7) is 7.30. The van der Waals surface area contributed by atoms with E-state index in [-0.39, 0.29) is 6.10 Å². The zero-order valence-corrected chi connectivity index (χ0v) is 15.2. The first-order valence-electron chi connectivity index (χ1n) is 9.99. The minimum atomic E-state index is -0.0892.